The number of ether oxygens (including phenoxy) is 2. The number of rotatable bonds is 10. The molecule has 1 aliphatic rings. The second-order valence-corrected chi connectivity index (χ2v) is 10.3. The van der Waals surface area contributed by atoms with Gasteiger partial charge in [-0.1, -0.05) is 49.4 Å². The number of carboxylic acids is 1. The molecule has 0 spiro atoms. The number of amides is 1. The van der Waals surface area contributed by atoms with E-state index in [0.29, 0.717) is 39.0 Å². The Balaban J connectivity index is 1.47. The van der Waals surface area contributed by atoms with Gasteiger partial charge in [-0.3, -0.25) is 4.79 Å². The lowest BCUT2D eigenvalue weighted by atomic mass is 10.1. The highest BCUT2D eigenvalue weighted by molar-refractivity contribution is 8.14. The zero-order valence-corrected chi connectivity index (χ0v) is 23.2. The van der Waals surface area contributed by atoms with Gasteiger partial charge in [-0.15, -0.1) is 0 Å². The first-order valence-corrected chi connectivity index (χ1v) is 13.8. The summed E-state index contributed by atoms with van der Waals surface area (Å²) >= 11 is 1.34. The smallest absolute Gasteiger partial charge is 0.371 e. The first-order valence-electron chi connectivity index (χ1n) is 12.9. The molecule has 10 heteroatoms. The molecule has 0 bridgehead atoms. The average Bonchev–Trinajstić information content (AvgIpc) is 3.65. The van der Waals surface area contributed by atoms with Crippen molar-refractivity contribution in [3.05, 3.63) is 118 Å². The number of hydrazone groups is 1. The molecule has 0 saturated carbocycles. The van der Waals surface area contributed by atoms with Crippen LogP contribution in [0.1, 0.15) is 62.1 Å². The molecule has 5 rings (SSSR count). The molecule has 0 radical (unpaired) electrons. The number of nitrogens with zero attached hydrogens (tertiary/aromatic N) is 2. The Hall–Kier alpha value is -4.57. The van der Waals surface area contributed by atoms with Crippen LogP contribution < -0.4 is 9.47 Å². The molecular formula is C31H27FN2O6S. The number of benzene rings is 3. The number of para-hydroxylation sites is 1. The summed E-state index contributed by atoms with van der Waals surface area (Å²) in [4.78, 5) is 24.9. The number of hydrogen-bond donors (Lipinski definition) is 1. The number of aromatic carboxylic acids is 1. The van der Waals surface area contributed by atoms with E-state index in [2.05, 4.69) is 12.0 Å². The van der Waals surface area contributed by atoms with Crippen molar-refractivity contribution in [1.29, 1.82) is 0 Å². The zero-order chi connectivity index (χ0) is 28.9. The van der Waals surface area contributed by atoms with Gasteiger partial charge in [0.2, 0.25) is 5.76 Å². The van der Waals surface area contributed by atoms with Gasteiger partial charge in [0, 0.05) is 16.7 Å². The van der Waals surface area contributed by atoms with Crippen LogP contribution in [-0.4, -0.2) is 34.1 Å². The fraction of sp³-hybridized carbons (Fsp3) is 0.194. The van der Waals surface area contributed by atoms with Gasteiger partial charge < -0.3 is 19.0 Å². The number of carbonyl (C=O) groups is 2. The monoisotopic (exact) mass is 574 g/mol. The van der Waals surface area contributed by atoms with Gasteiger partial charge in [-0.2, -0.15) is 5.10 Å². The van der Waals surface area contributed by atoms with Crippen LogP contribution in [0.2, 0.25) is 0 Å². The van der Waals surface area contributed by atoms with Crippen LogP contribution >= 0.6 is 11.8 Å². The molecule has 41 heavy (non-hydrogen) atoms. The molecule has 1 unspecified atom stereocenters. The molecule has 1 amide bonds. The molecule has 0 aliphatic carbocycles. The number of furan rings is 1. The van der Waals surface area contributed by atoms with E-state index in [4.69, 9.17) is 19.0 Å². The van der Waals surface area contributed by atoms with Crippen molar-refractivity contribution in [3.8, 4) is 11.5 Å². The summed E-state index contributed by atoms with van der Waals surface area (Å²) in [6, 6.07) is 21.6. The van der Waals surface area contributed by atoms with Gasteiger partial charge in [0.25, 0.3) is 5.91 Å². The Morgan fingerprint density at radius 2 is 1.80 bits per heavy atom. The van der Waals surface area contributed by atoms with Crippen LogP contribution in [-0.2, 0) is 13.0 Å². The average molecular weight is 575 g/mol. The molecule has 1 atom stereocenters. The third kappa shape index (κ3) is 6.12. The van der Waals surface area contributed by atoms with E-state index in [1.54, 1.807) is 36.4 Å². The Morgan fingerprint density at radius 3 is 2.46 bits per heavy atom. The van der Waals surface area contributed by atoms with E-state index in [1.165, 1.54) is 48.1 Å². The molecule has 210 valence electrons. The predicted octanol–water partition coefficient (Wildman–Crippen LogP) is 6.91. The van der Waals surface area contributed by atoms with Crippen LogP contribution in [0.5, 0.6) is 11.5 Å². The summed E-state index contributed by atoms with van der Waals surface area (Å²) < 4.78 is 30.6. The van der Waals surface area contributed by atoms with Gasteiger partial charge >= 0.3 is 5.97 Å². The summed E-state index contributed by atoms with van der Waals surface area (Å²) in [5.74, 6) is -0.923. The number of thioether (sulfide) groups is 1. The van der Waals surface area contributed by atoms with Crippen molar-refractivity contribution >= 4 is 28.7 Å². The van der Waals surface area contributed by atoms with E-state index in [-0.39, 0.29) is 24.1 Å². The third-order valence-electron chi connectivity index (χ3n) is 6.40. The molecule has 1 aromatic heterocycles. The minimum absolute atomic E-state index is 0.0328. The highest BCUT2D eigenvalue weighted by atomic mass is 32.2. The molecule has 2 heterocycles. The largest absolute Gasteiger partial charge is 0.492 e. The SMILES string of the molecule is CCCc1ccc(C(=O)N2N=C(c3ccc(F)cc3)SC2c2cccc(OCc3ccc(C(=O)O)o3)c2OC)cc1. The Labute approximate surface area is 240 Å². The van der Waals surface area contributed by atoms with E-state index >= 15 is 0 Å². The van der Waals surface area contributed by atoms with Crippen molar-refractivity contribution in [2.45, 2.75) is 31.7 Å². The standard InChI is InChI=1S/C31H27FN2O6S/c1-3-5-19-8-10-21(11-9-19)29(35)34-30(41-28(33-34)20-12-14-22(32)15-13-20)24-6-4-7-25(27(24)38-2)39-18-23-16-17-26(40-23)31(36)37/h4,6-17,30H,3,5,18H2,1-2H3,(H,36,37). The van der Waals surface area contributed by atoms with Crippen LogP contribution in [0.3, 0.4) is 0 Å². The number of carboxylic acid groups (broad SMARTS) is 1. The maximum atomic E-state index is 13.8. The van der Waals surface area contributed by atoms with E-state index in [1.807, 2.05) is 18.2 Å². The quantitative estimate of drug-likeness (QED) is 0.220. The van der Waals surface area contributed by atoms with Crippen LogP contribution in [0.15, 0.2) is 88.4 Å². The lowest BCUT2D eigenvalue weighted by Crippen LogP contribution is -2.26. The molecule has 0 saturated heterocycles. The molecule has 4 aromatic rings. The van der Waals surface area contributed by atoms with Crippen LogP contribution in [0.25, 0.3) is 0 Å². The molecule has 1 aliphatic heterocycles. The van der Waals surface area contributed by atoms with Crippen LogP contribution in [0, 0.1) is 5.82 Å². The zero-order valence-electron chi connectivity index (χ0n) is 22.4. The fourth-order valence-electron chi connectivity index (χ4n) is 4.41. The van der Waals surface area contributed by atoms with Gasteiger partial charge in [0.15, 0.2) is 11.5 Å². The maximum absolute atomic E-state index is 13.8. The second-order valence-electron chi connectivity index (χ2n) is 9.22. The van der Waals surface area contributed by atoms with Gasteiger partial charge in [0.05, 0.1) is 7.11 Å². The van der Waals surface area contributed by atoms with Gasteiger partial charge in [-0.05, 0) is 66.6 Å². The Morgan fingerprint density at radius 1 is 1.05 bits per heavy atom. The van der Waals surface area contributed by atoms with Crippen molar-refractivity contribution in [2.75, 3.05) is 7.11 Å². The third-order valence-corrected chi connectivity index (χ3v) is 7.62. The van der Waals surface area contributed by atoms with Gasteiger partial charge in [0.1, 0.15) is 28.6 Å². The molecule has 0 fully saturated rings. The minimum Gasteiger partial charge on any atom is -0.492 e. The molecule has 1 N–H and O–H groups in total. The lowest BCUT2D eigenvalue weighted by molar-refractivity contribution is 0.0657. The summed E-state index contributed by atoms with van der Waals surface area (Å²) in [5, 5.41) is 15.1. The normalized spacial score (nSPS) is 14.6. The topological polar surface area (TPSA) is 102 Å². The molecule has 8 nitrogen and oxygen atoms in total. The van der Waals surface area contributed by atoms with E-state index in [9.17, 15) is 14.0 Å². The van der Waals surface area contributed by atoms with E-state index < -0.39 is 11.3 Å². The summed E-state index contributed by atoms with van der Waals surface area (Å²) in [5.41, 5.74) is 2.94. The summed E-state index contributed by atoms with van der Waals surface area (Å²) in [6.45, 7) is 2.07. The summed E-state index contributed by atoms with van der Waals surface area (Å²) in [7, 11) is 1.50. The number of hydrogen-bond acceptors (Lipinski definition) is 7. The number of carbonyl (C=O) groups excluding carboxylic acids is 1. The Bertz CT molecular complexity index is 1580. The Kier molecular flexibility index (Phi) is 8.39. The number of aryl methyl sites for hydroxylation is 1. The summed E-state index contributed by atoms with van der Waals surface area (Å²) in [6.07, 6.45) is 1.92. The van der Waals surface area contributed by atoms with Crippen molar-refractivity contribution in [2.24, 2.45) is 5.10 Å². The molecule has 3 aromatic carbocycles. The lowest BCUT2D eigenvalue weighted by Gasteiger charge is -2.24. The predicted molar refractivity (Wildman–Crippen MR) is 153 cm³/mol. The first kappa shape index (κ1) is 28.0. The van der Waals surface area contributed by atoms with Crippen molar-refractivity contribution in [3.63, 3.8) is 0 Å². The van der Waals surface area contributed by atoms with Crippen LogP contribution in [0.4, 0.5) is 4.39 Å². The highest BCUT2D eigenvalue weighted by Gasteiger charge is 2.37. The highest BCUT2D eigenvalue weighted by Crippen LogP contribution is 2.47. The van der Waals surface area contributed by atoms with Crippen molar-refractivity contribution < 1.29 is 33.0 Å². The second kappa shape index (κ2) is 12.3. The number of methoxy groups -OCH3 is 1. The van der Waals surface area contributed by atoms with Crippen molar-refractivity contribution in [1.82, 2.24) is 5.01 Å². The maximum Gasteiger partial charge on any atom is 0.371 e. The first-order chi connectivity index (χ1) is 19.9. The molecular weight excluding hydrogens is 547 g/mol. The fourth-order valence-corrected chi connectivity index (χ4v) is 5.58. The van der Waals surface area contributed by atoms with E-state index in [0.717, 1.165) is 18.4 Å². The van der Waals surface area contributed by atoms with Gasteiger partial charge in [-0.25, -0.2) is 14.2 Å². The number of halogens is 1. The minimum atomic E-state index is -1.17.